The van der Waals surface area contributed by atoms with Gasteiger partial charge in [0.1, 0.15) is 0 Å². The van der Waals surface area contributed by atoms with E-state index in [0.29, 0.717) is 22.7 Å². The molecule has 0 radical (unpaired) electrons. The molecule has 64 valence electrons. The van der Waals surface area contributed by atoms with Gasteiger partial charge in [0.05, 0.1) is 0 Å². The summed E-state index contributed by atoms with van der Waals surface area (Å²) in [5, 5.41) is 0.556. The number of rotatable bonds is 2. The molecular formula is C9H10ClNO. The van der Waals surface area contributed by atoms with Crippen LogP contribution in [0, 0.1) is 0 Å². The molecule has 0 saturated heterocycles. The van der Waals surface area contributed by atoms with Gasteiger partial charge >= 0.3 is 0 Å². The van der Waals surface area contributed by atoms with Crippen LogP contribution in [0.15, 0.2) is 18.2 Å². The normalized spacial score (nSPS) is 9.83. The average molecular weight is 184 g/mol. The number of halogens is 1. The Labute approximate surface area is 76.3 Å². The van der Waals surface area contributed by atoms with Crippen molar-refractivity contribution < 1.29 is 4.79 Å². The van der Waals surface area contributed by atoms with E-state index in [9.17, 15) is 4.79 Å². The van der Waals surface area contributed by atoms with Gasteiger partial charge in [0.15, 0.2) is 5.78 Å². The molecule has 1 aromatic carbocycles. The second-order valence-corrected chi connectivity index (χ2v) is 2.94. The van der Waals surface area contributed by atoms with Crippen LogP contribution in [0.5, 0.6) is 0 Å². The summed E-state index contributed by atoms with van der Waals surface area (Å²) in [6, 6.07) is 4.91. The Hall–Kier alpha value is -1.02. The zero-order valence-corrected chi connectivity index (χ0v) is 7.56. The fraction of sp³-hybridized carbons (Fsp3) is 0.222. The van der Waals surface area contributed by atoms with Crippen molar-refractivity contribution in [3.8, 4) is 0 Å². The zero-order valence-electron chi connectivity index (χ0n) is 6.80. The van der Waals surface area contributed by atoms with Gasteiger partial charge in [0, 0.05) is 22.7 Å². The van der Waals surface area contributed by atoms with Crippen LogP contribution in [0.25, 0.3) is 0 Å². The third kappa shape index (κ3) is 1.77. The van der Waals surface area contributed by atoms with Crippen LogP contribution in [0.4, 0.5) is 5.69 Å². The molecule has 0 aliphatic rings. The lowest BCUT2D eigenvalue weighted by Gasteiger charge is -2.02. The van der Waals surface area contributed by atoms with Crippen molar-refractivity contribution in [2.45, 2.75) is 13.3 Å². The van der Waals surface area contributed by atoms with Crippen molar-refractivity contribution >= 4 is 23.1 Å². The van der Waals surface area contributed by atoms with Gasteiger partial charge in [-0.05, 0) is 18.2 Å². The van der Waals surface area contributed by atoms with E-state index in [2.05, 4.69) is 0 Å². The summed E-state index contributed by atoms with van der Waals surface area (Å²) in [5.41, 5.74) is 6.60. The van der Waals surface area contributed by atoms with Gasteiger partial charge in [0.2, 0.25) is 0 Å². The monoisotopic (exact) mass is 183 g/mol. The largest absolute Gasteiger partial charge is 0.398 e. The molecule has 1 aromatic rings. The minimum Gasteiger partial charge on any atom is -0.398 e. The zero-order chi connectivity index (χ0) is 9.14. The van der Waals surface area contributed by atoms with Gasteiger partial charge in [-0.2, -0.15) is 0 Å². The number of hydrogen-bond acceptors (Lipinski definition) is 2. The van der Waals surface area contributed by atoms with Gasteiger partial charge in [-0.25, -0.2) is 0 Å². The molecule has 0 fully saturated rings. The number of hydrogen-bond donors (Lipinski definition) is 1. The topological polar surface area (TPSA) is 43.1 Å². The van der Waals surface area contributed by atoms with Gasteiger partial charge < -0.3 is 5.73 Å². The molecule has 0 aromatic heterocycles. The van der Waals surface area contributed by atoms with E-state index < -0.39 is 0 Å². The van der Waals surface area contributed by atoms with Gasteiger partial charge in [-0.3, -0.25) is 4.79 Å². The molecule has 0 amide bonds. The lowest BCUT2D eigenvalue weighted by molar-refractivity contribution is 0.0989. The molecule has 0 spiro atoms. The lowest BCUT2D eigenvalue weighted by Crippen LogP contribution is -2.01. The first-order valence-electron chi connectivity index (χ1n) is 3.73. The molecule has 2 nitrogen and oxygen atoms in total. The maximum atomic E-state index is 11.2. The van der Waals surface area contributed by atoms with E-state index in [1.807, 2.05) is 0 Å². The maximum absolute atomic E-state index is 11.2. The quantitative estimate of drug-likeness (QED) is 0.566. The molecule has 12 heavy (non-hydrogen) atoms. The van der Waals surface area contributed by atoms with E-state index in [1.165, 1.54) is 0 Å². The Kier molecular flexibility index (Phi) is 2.71. The highest BCUT2D eigenvalue weighted by molar-refractivity contribution is 6.31. The predicted octanol–water partition coefficient (Wildman–Crippen LogP) is 2.51. The van der Waals surface area contributed by atoms with E-state index in [4.69, 9.17) is 17.3 Å². The second kappa shape index (κ2) is 3.59. The van der Waals surface area contributed by atoms with Crippen LogP contribution >= 0.6 is 11.6 Å². The van der Waals surface area contributed by atoms with E-state index >= 15 is 0 Å². The SMILES string of the molecule is CCC(=O)c1ccc(Cl)cc1N. The Morgan fingerprint density at radius 1 is 1.58 bits per heavy atom. The molecular weight excluding hydrogens is 174 g/mol. The molecule has 0 saturated carbocycles. The van der Waals surface area contributed by atoms with Crippen LogP contribution in [-0.2, 0) is 0 Å². The first-order chi connectivity index (χ1) is 5.65. The van der Waals surface area contributed by atoms with Crippen LogP contribution in [-0.4, -0.2) is 5.78 Å². The number of benzene rings is 1. The number of Topliss-reactive ketones (excluding diaryl/α,β-unsaturated/α-hetero) is 1. The summed E-state index contributed by atoms with van der Waals surface area (Å²) in [7, 11) is 0. The van der Waals surface area contributed by atoms with E-state index in [-0.39, 0.29) is 5.78 Å². The van der Waals surface area contributed by atoms with E-state index in [0.717, 1.165) is 0 Å². The molecule has 1 rings (SSSR count). The minimum atomic E-state index is 0.0455. The number of nitrogen functional groups attached to an aromatic ring is 1. The molecule has 0 aliphatic carbocycles. The Bertz CT molecular complexity index is 309. The van der Waals surface area contributed by atoms with Crippen LogP contribution < -0.4 is 5.73 Å². The van der Waals surface area contributed by atoms with Crippen molar-refractivity contribution in [2.24, 2.45) is 0 Å². The number of carbonyl (C=O) groups excluding carboxylic acids is 1. The highest BCUT2D eigenvalue weighted by Crippen LogP contribution is 2.18. The third-order valence-electron chi connectivity index (χ3n) is 1.64. The molecule has 0 unspecified atom stereocenters. The third-order valence-corrected chi connectivity index (χ3v) is 1.87. The molecule has 0 bridgehead atoms. The van der Waals surface area contributed by atoms with Crippen molar-refractivity contribution in [3.05, 3.63) is 28.8 Å². The number of carbonyl (C=O) groups is 1. The van der Waals surface area contributed by atoms with Crippen LogP contribution in [0.3, 0.4) is 0 Å². The first kappa shape index (κ1) is 9.07. The van der Waals surface area contributed by atoms with Crippen molar-refractivity contribution in [2.75, 3.05) is 5.73 Å². The van der Waals surface area contributed by atoms with E-state index in [1.54, 1.807) is 25.1 Å². The second-order valence-electron chi connectivity index (χ2n) is 2.51. The van der Waals surface area contributed by atoms with Crippen molar-refractivity contribution in [1.82, 2.24) is 0 Å². The van der Waals surface area contributed by atoms with Gasteiger partial charge in [0.25, 0.3) is 0 Å². The van der Waals surface area contributed by atoms with Gasteiger partial charge in [-0.15, -0.1) is 0 Å². The smallest absolute Gasteiger partial charge is 0.164 e. The minimum absolute atomic E-state index is 0.0455. The number of nitrogens with two attached hydrogens (primary N) is 1. The summed E-state index contributed by atoms with van der Waals surface area (Å²) in [6.07, 6.45) is 0.464. The molecule has 3 heteroatoms. The fourth-order valence-electron chi connectivity index (χ4n) is 0.978. The van der Waals surface area contributed by atoms with Crippen LogP contribution in [0.1, 0.15) is 23.7 Å². The Morgan fingerprint density at radius 3 is 2.75 bits per heavy atom. The summed E-state index contributed by atoms with van der Waals surface area (Å²) in [4.78, 5) is 11.2. The highest BCUT2D eigenvalue weighted by atomic mass is 35.5. The standard InChI is InChI=1S/C9H10ClNO/c1-2-9(12)7-4-3-6(10)5-8(7)11/h3-5H,2,11H2,1H3. The molecule has 0 aliphatic heterocycles. The highest BCUT2D eigenvalue weighted by Gasteiger charge is 2.06. The van der Waals surface area contributed by atoms with Crippen molar-refractivity contribution in [1.29, 1.82) is 0 Å². The van der Waals surface area contributed by atoms with Crippen LogP contribution in [0.2, 0.25) is 5.02 Å². The summed E-state index contributed by atoms with van der Waals surface area (Å²) in [6.45, 7) is 1.80. The van der Waals surface area contributed by atoms with Gasteiger partial charge in [-0.1, -0.05) is 18.5 Å². The predicted molar refractivity (Wildman–Crippen MR) is 50.5 cm³/mol. The number of anilines is 1. The summed E-state index contributed by atoms with van der Waals surface area (Å²) >= 11 is 5.67. The first-order valence-corrected chi connectivity index (χ1v) is 4.11. The lowest BCUT2D eigenvalue weighted by atomic mass is 10.1. The molecule has 0 atom stereocenters. The molecule has 2 N–H and O–H groups in total. The molecule has 0 heterocycles. The fourth-order valence-corrected chi connectivity index (χ4v) is 1.16. The summed E-state index contributed by atoms with van der Waals surface area (Å²) < 4.78 is 0. The number of ketones is 1. The summed E-state index contributed by atoms with van der Waals surface area (Å²) in [5.74, 6) is 0.0455. The Balaban J connectivity index is 3.09. The maximum Gasteiger partial charge on any atom is 0.164 e. The Morgan fingerprint density at radius 2 is 2.25 bits per heavy atom. The van der Waals surface area contributed by atoms with Crippen molar-refractivity contribution in [3.63, 3.8) is 0 Å². The average Bonchev–Trinajstić information content (AvgIpc) is 2.03.